The zero-order chi connectivity index (χ0) is 22.4. The summed E-state index contributed by atoms with van der Waals surface area (Å²) in [5.41, 5.74) is -0.584. The van der Waals surface area contributed by atoms with E-state index in [1.165, 1.54) is 31.4 Å². The van der Waals surface area contributed by atoms with E-state index in [2.05, 4.69) is 0 Å². The molecule has 2 fully saturated rings. The zero-order valence-corrected chi connectivity index (χ0v) is 19.1. The number of Topliss-reactive ketones (excluding diaryl/α,β-unsaturated/α-hetero) is 1. The molecule has 4 rings (SSSR count). The fraction of sp³-hybridized carbons (Fsp3) is 0.364. The van der Waals surface area contributed by atoms with Gasteiger partial charge in [-0.3, -0.25) is 9.59 Å². The van der Waals surface area contributed by atoms with E-state index in [-0.39, 0.29) is 29.9 Å². The molecule has 31 heavy (non-hydrogen) atoms. The van der Waals surface area contributed by atoms with Gasteiger partial charge in [0.15, 0.2) is 5.78 Å². The quantitative estimate of drug-likeness (QED) is 0.636. The third-order valence-electron chi connectivity index (χ3n) is 5.96. The lowest BCUT2D eigenvalue weighted by molar-refractivity contribution is -0.135. The Morgan fingerprint density at radius 2 is 1.71 bits per heavy atom. The normalized spacial score (nSPS) is 20.6. The van der Waals surface area contributed by atoms with Crippen molar-refractivity contribution in [3.8, 4) is 5.75 Å². The number of hydrogen-bond acceptors (Lipinski definition) is 5. The molecule has 6 nitrogen and oxygen atoms in total. The Balaban J connectivity index is 1.75. The van der Waals surface area contributed by atoms with Crippen LogP contribution in [0.5, 0.6) is 5.75 Å². The molecule has 1 atom stereocenters. The average molecular weight is 482 g/mol. The van der Waals surface area contributed by atoms with Crippen LogP contribution in [0.3, 0.4) is 0 Å². The first-order chi connectivity index (χ1) is 14.7. The highest BCUT2D eigenvalue weighted by Crippen LogP contribution is 2.49. The second kappa shape index (κ2) is 8.11. The Morgan fingerprint density at radius 3 is 2.32 bits per heavy atom. The van der Waals surface area contributed by atoms with Gasteiger partial charge in [-0.2, -0.15) is 0 Å². The molecule has 1 heterocycles. The third kappa shape index (κ3) is 3.95. The number of benzene rings is 2. The van der Waals surface area contributed by atoms with Crippen molar-refractivity contribution in [2.45, 2.75) is 42.5 Å². The van der Waals surface area contributed by atoms with Gasteiger partial charge in [0.1, 0.15) is 11.3 Å². The van der Waals surface area contributed by atoms with Crippen LogP contribution in [-0.4, -0.2) is 37.1 Å². The van der Waals surface area contributed by atoms with Crippen molar-refractivity contribution in [2.75, 3.05) is 7.11 Å². The topological polar surface area (TPSA) is 80.8 Å². The summed E-state index contributed by atoms with van der Waals surface area (Å²) in [7, 11) is -2.72. The van der Waals surface area contributed by atoms with Gasteiger partial charge in [-0.15, -0.1) is 0 Å². The number of amides is 1. The van der Waals surface area contributed by atoms with Crippen molar-refractivity contribution in [2.24, 2.45) is 5.92 Å². The van der Waals surface area contributed by atoms with E-state index in [0.717, 1.165) is 4.31 Å². The van der Waals surface area contributed by atoms with E-state index in [1.807, 2.05) is 0 Å². The van der Waals surface area contributed by atoms with Crippen LogP contribution >= 0.6 is 23.2 Å². The van der Waals surface area contributed by atoms with Gasteiger partial charge in [-0.1, -0.05) is 23.2 Å². The minimum atomic E-state index is -4.23. The molecule has 0 N–H and O–H groups in total. The van der Waals surface area contributed by atoms with Gasteiger partial charge in [0.05, 0.1) is 12.0 Å². The fourth-order valence-electron chi connectivity index (χ4n) is 4.17. The summed E-state index contributed by atoms with van der Waals surface area (Å²) >= 11 is 12.0. The Bertz CT molecular complexity index is 1140. The highest BCUT2D eigenvalue weighted by Gasteiger charge is 2.62. The maximum Gasteiger partial charge on any atom is 0.267 e. The summed E-state index contributed by atoms with van der Waals surface area (Å²) in [5.74, 6) is -0.918. The third-order valence-corrected chi connectivity index (χ3v) is 8.33. The van der Waals surface area contributed by atoms with E-state index in [0.29, 0.717) is 34.2 Å². The highest BCUT2D eigenvalue weighted by atomic mass is 35.5. The van der Waals surface area contributed by atoms with Crippen molar-refractivity contribution in [1.82, 2.24) is 4.31 Å². The first kappa shape index (κ1) is 22.1. The monoisotopic (exact) mass is 481 g/mol. The SMILES string of the molecule is COc1ccc(Cl)cc1CC1CCC(=O)C2(CC2)N(S(=O)(=O)c2ccc(Cl)cc2)C1=O. The molecule has 0 bridgehead atoms. The minimum absolute atomic E-state index is 0.0645. The molecule has 0 radical (unpaired) electrons. The fourth-order valence-corrected chi connectivity index (χ4v) is 6.32. The number of halogens is 2. The zero-order valence-electron chi connectivity index (χ0n) is 16.8. The van der Waals surface area contributed by atoms with Crippen LogP contribution in [0.25, 0.3) is 0 Å². The summed E-state index contributed by atoms with van der Waals surface area (Å²) in [6, 6.07) is 10.7. The number of sulfonamides is 1. The van der Waals surface area contributed by atoms with Crippen molar-refractivity contribution in [3.05, 3.63) is 58.1 Å². The Hall–Kier alpha value is -2.09. The van der Waals surface area contributed by atoms with Crippen LogP contribution in [0.4, 0.5) is 0 Å². The summed E-state index contributed by atoms with van der Waals surface area (Å²) < 4.78 is 33.2. The first-order valence-corrected chi connectivity index (χ1v) is 12.1. The smallest absolute Gasteiger partial charge is 0.267 e. The molecule has 1 spiro atoms. The van der Waals surface area contributed by atoms with Crippen molar-refractivity contribution >= 4 is 44.9 Å². The Morgan fingerprint density at radius 1 is 1.06 bits per heavy atom. The van der Waals surface area contributed by atoms with E-state index < -0.39 is 27.4 Å². The lowest BCUT2D eigenvalue weighted by Gasteiger charge is -2.30. The van der Waals surface area contributed by atoms with Crippen molar-refractivity contribution < 1.29 is 22.7 Å². The molecule has 0 aromatic heterocycles. The van der Waals surface area contributed by atoms with Gasteiger partial charge in [0.25, 0.3) is 10.0 Å². The second-order valence-electron chi connectivity index (χ2n) is 7.91. The molecule has 2 aromatic rings. The van der Waals surface area contributed by atoms with Gasteiger partial charge < -0.3 is 4.74 Å². The number of ketones is 1. The molecule has 164 valence electrons. The van der Waals surface area contributed by atoms with Gasteiger partial charge in [0, 0.05) is 22.4 Å². The van der Waals surface area contributed by atoms with Crippen LogP contribution < -0.4 is 4.74 Å². The van der Waals surface area contributed by atoms with E-state index in [4.69, 9.17) is 27.9 Å². The van der Waals surface area contributed by atoms with Crippen LogP contribution in [0.2, 0.25) is 10.0 Å². The molecule has 1 aliphatic heterocycles. The number of ether oxygens (including phenoxy) is 1. The Kier molecular flexibility index (Phi) is 5.79. The maximum absolute atomic E-state index is 13.6. The number of carbonyl (C=O) groups is 2. The summed E-state index contributed by atoms with van der Waals surface area (Å²) in [6.45, 7) is 0. The van der Waals surface area contributed by atoms with E-state index in [9.17, 15) is 18.0 Å². The predicted octanol–water partition coefficient (Wildman–Crippen LogP) is 4.27. The largest absolute Gasteiger partial charge is 0.496 e. The highest BCUT2D eigenvalue weighted by molar-refractivity contribution is 7.89. The second-order valence-corrected chi connectivity index (χ2v) is 10.6. The number of nitrogens with zero attached hydrogens (tertiary/aromatic N) is 1. The first-order valence-electron chi connectivity index (χ1n) is 9.89. The molecule has 1 saturated heterocycles. The number of hydrogen-bond donors (Lipinski definition) is 0. The average Bonchev–Trinajstić information content (AvgIpc) is 3.53. The van der Waals surface area contributed by atoms with Crippen LogP contribution in [0, 0.1) is 5.92 Å². The van der Waals surface area contributed by atoms with Gasteiger partial charge >= 0.3 is 0 Å². The molecule has 2 aromatic carbocycles. The molecule has 2 aliphatic rings. The van der Waals surface area contributed by atoms with Crippen LogP contribution in [-0.2, 0) is 26.0 Å². The number of carbonyl (C=O) groups excluding carboxylic acids is 2. The number of rotatable bonds is 5. The summed E-state index contributed by atoms with van der Waals surface area (Å²) in [6.07, 6.45) is 1.32. The lowest BCUT2D eigenvalue weighted by Crippen LogP contribution is -2.50. The summed E-state index contributed by atoms with van der Waals surface area (Å²) in [4.78, 5) is 26.5. The van der Waals surface area contributed by atoms with Gasteiger partial charge in [0.2, 0.25) is 5.91 Å². The molecule has 1 amide bonds. The van der Waals surface area contributed by atoms with E-state index in [1.54, 1.807) is 18.2 Å². The molecular formula is C22H21Cl2NO5S. The molecule has 1 unspecified atom stereocenters. The molecule has 9 heteroatoms. The lowest BCUT2D eigenvalue weighted by atomic mass is 9.93. The summed E-state index contributed by atoms with van der Waals surface area (Å²) in [5, 5.41) is 0.863. The van der Waals surface area contributed by atoms with E-state index >= 15 is 0 Å². The van der Waals surface area contributed by atoms with Crippen LogP contribution in [0.15, 0.2) is 47.4 Å². The predicted molar refractivity (Wildman–Crippen MR) is 117 cm³/mol. The van der Waals surface area contributed by atoms with Crippen molar-refractivity contribution in [1.29, 1.82) is 0 Å². The molecule has 1 aliphatic carbocycles. The van der Waals surface area contributed by atoms with Gasteiger partial charge in [-0.05, 0) is 73.7 Å². The van der Waals surface area contributed by atoms with Crippen molar-refractivity contribution in [3.63, 3.8) is 0 Å². The van der Waals surface area contributed by atoms with Gasteiger partial charge in [-0.25, -0.2) is 12.7 Å². The van der Waals surface area contributed by atoms with Crippen LogP contribution in [0.1, 0.15) is 31.2 Å². The minimum Gasteiger partial charge on any atom is -0.496 e. The molecular weight excluding hydrogens is 461 g/mol. The maximum atomic E-state index is 13.6. The Labute approximate surface area is 191 Å². The molecule has 1 saturated carbocycles. The standard InChI is InChI=1S/C22H21Cl2NO5S/c1-30-19-8-5-17(24)13-15(19)12-14-2-9-20(26)22(10-11-22)25(21(14)27)31(28,29)18-6-3-16(23)4-7-18/h3-8,13-14H,2,9-12H2,1H3. The number of methoxy groups -OCH3 is 1.